The summed E-state index contributed by atoms with van der Waals surface area (Å²) in [6.07, 6.45) is 9.32. The van der Waals surface area contributed by atoms with Crippen molar-refractivity contribution < 1.29 is 19.1 Å². The van der Waals surface area contributed by atoms with Crippen LogP contribution in [0.15, 0.2) is 89.5 Å². The number of nitrogens with two attached hydrogens (primary N) is 1. The van der Waals surface area contributed by atoms with E-state index in [1.165, 1.54) is 23.8 Å². The van der Waals surface area contributed by atoms with Gasteiger partial charge in [-0.2, -0.15) is 11.8 Å². The Morgan fingerprint density at radius 1 is 0.949 bits per heavy atom. The molecule has 0 aromatic heterocycles. The molecule has 0 bridgehead atoms. The van der Waals surface area contributed by atoms with Crippen LogP contribution in [0.2, 0.25) is 0 Å². The number of methoxy groups -OCH3 is 1. The van der Waals surface area contributed by atoms with Crippen molar-refractivity contribution >= 4 is 23.5 Å². The molecule has 2 N–H and O–H groups in total. The minimum absolute atomic E-state index is 0.0164. The molecule has 0 radical (unpaired) electrons. The van der Waals surface area contributed by atoms with Crippen molar-refractivity contribution in [3.05, 3.63) is 106 Å². The smallest absolute Gasteiger partial charge is 0.323 e. The largest absolute Gasteiger partial charge is 0.468 e. The maximum Gasteiger partial charge on any atom is 0.323 e. The van der Waals surface area contributed by atoms with Crippen molar-refractivity contribution in [3.63, 3.8) is 0 Å². The van der Waals surface area contributed by atoms with Crippen LogP contribution < -0.4 is 5.73 Å². The average Bonchev–Trinajstić information content (AvgIpc) is 2.94. The number of thioether (sulfide) groups is 1. The van der Waals surface area contributed by atoms with Crippen LogP contribution in [0.1, 0.15) is 68.4 Å². The number of carbonyl (C=O) groups excluding carboxylic acids is 2. The lowest BCUT2D eigenvalue weighted by Gasteiger charge is -2.18. The molecule has 210 valence electrons. The van der Waals surface area contributed by atoms with Crippen molar-refractivity contribution in [2.24, 2.45) is 5.73 Å². The van der Waals surface area contributed by atoms with Gasteiger partial charge in [0.1, 0.15) is 6.04 Å². The molecule has 0 aliphatic rings. The molecule has 39 heavy (non-hydrogen) atoms. The molecule has 5 nitrogen and oxygen atoms in total. The highest BCUT2D eigenvalue weighted by molar-refractivity contribution is 7.99. The van der Waals surface area contributed by atoms with Crippen LogP contribution in [-0.4, -0.2) is 42.5 Å². The van der Waals surface area contributed by atoms with E-state index in [0.717, 1.165) is 30.6 Å². The van der Waals surface area contributed by atoms with Gasteiger partial charge in [0.25, 0.3) is 0 Å². The first-order chi connectivity index (χ1) is 18.7. The fourth-order valence-electron chi connectivity index (χ4n) is 3.86. The van der Waals surface area contributed by atoms with E-state index < -0.39 is 6.04 Å². The summed E-state index contributed by atoms with van der Waals surface area (Å²) in [7, 11) is 1.36. The van der Waals surface area contributed by atoms with E-state index >= 15 is 0 Å². The van der Waals surface area contributed by atoms with Crippen LogP contribution in [0.4, 0.5) is 0 Å². The molecule has 0 spiro atoms. The van der Waals surface area contributed by atoms with E-state index in [2.05, 4.69) is 50.7 Å². The number of rotatable bonds is 16. The van der Waals surface area contributed by atoms with E-state index in [9.17, 15) is 9.59 Å². The van der Waals surface area contributed by atoms with Crippen LogP contribution in [0.3, 0.4) is 0 Å². The highest BCUT2D eigenvalue weighted by atomic mass is 32.2. The maximum absolute atomic E-state index is 12.9. The number of hydrogen-bond donors (Lipinski definition) is 1. The van der Waals surface area contributed by atoms with Gasteiger partial charge in [-0.1, -0.05) is 77.9 Å². The second-order valence-corrected chi connectivity index (χ2v) is 11.0. The summed E-state index contributed by atoms with van der Waals surface area (Å²) in [5.74, 6) is 1.00. The van der Waals surface area contributed by atoms with Gasteiger partial charge in [0.15, 0.2) is 5.78 Å². The number of carbonyl (C=O) groups is 2. The fraction of sp³-hybridized carbons (Fsp3) is 0.394. The summed E-state index contributed by atoms with van der Waals surface area (Å²) in [5, 5.41) is 0. The van der Waals surface area contributed by atoms with Gasteiger partial charge in [0.2, 0.25) is 0 Å². The Morgan fingerprint density at radius 3 is 2.36 bits per heavy atom. The predicted octanol–water partition coefficient (Wildman–Crippen LogP) is 7.07. The number of benzene rings is 2. The van der Waals surface area contributed by atoms with Crippen LogP contribution >= 0.6 is 11.8 Å². The van der Waals surface area contributed by atoms with Gasteiger partial charge in [-0.15, -0.1) is 0 Å². The van der Waals surface area contributed by atoms with Gasteiger partial charge in [-0.25, -0.2) is 0 Å². The Hall–Kier alpha value is -2.93. The first-order valence-electron chi connectivity index (χ1n) is 13.4. The van der Waals surface area contributed by atoms with Crippen molar-refractivity contribution in [1.29, 1.82) is 0 Å². The molecule has 2 aromatic carbocycles. The van der Waals surface area contributed by atoms with Crippen LogP contribution in [0.5, 0.6) is 0 Å². The Labute approximate surface area is 238 Å². The molecular weight excluding hydrogens is 506 g/mol. The van der Waals surface area contributed by atoms with Crippen LogP contribution in [0.25, 0.3) is 0 Å². The van der Waals surface area contributed by atoms with Gasteiger partial charge < -0.3 is 15.2 Å². The molecule has 0 aliphatic carbocycles. The third kappa shape index (κ3) is 12.2. The normalized spacial score (nSPS) is 13.5. The van der Waals surface area contributed by atoms with Gasteiger partial charge in [-0.3, -0.25) is 9.59 Å². The van der Waals surface area contributed by atoms with Gasteiger partial charge in [-0.05, 0) is 64.2 Å². The number of esters is 1. The number of hydrogen-bond acceptors (Lipinski definition) is 6. The summed E-state index contributed by atoms with van der Waals surface area (Å²) in [5.41, 5.74) is 11.9. The highest BCUT2D eigenvalue weighted by Gasteiger charge is 2.14. The van der Waals surface area contributed by atoms with Crippen molar-refractivity contribution in [2.45, 2.75) is 65.7 Å². The summed E-state index contributed by atoms with van der Waals surface area (Å²) < 4.78 is 11.0. The Bertz CT molecular complexity index is 1150. The lowest BCUT2D eigenvalue weighted by molar-refractivity contribution is -0.141. The number of ether oxygens (including phenoxy) is 2. The lowest BCUT2D eigenvalue weighted by atomic mass is 10.0. The van der Waals surface area contributed by atoms with E-state index in [1.54, 1.807) is 11.8 Å². The summed E-state index contributed by atoms with van der Waals surface area (Å²) in [6, 6.07) is 16.5. The summed E-state index contributed by atoms with van der Waals surface area (Å²) in [4.78, 5) is 24.3. The molecule has 2 rings (SSSR count). The first kappa shape index (κ1) is 32.3. The minimum Gasteiger partial charge on any atom is -0.468 e. The third-order valence-corrected chi connectivity index (χ3v) is 7.28. The average molecular weight is 550 g/mol. The molecule has 0 amide bonds. The number of allylic oxidation sites excluding steroid dienone is 3. The molecule has 1 unspecified atom stereocenters. The molecule has 0 aliphatic heterocycles. The van der Waals surface area contributed by atoms with Crippen molar-refractivity contribution in [1.82, 2.24) is 0 Å². The van der Waals surface area contributed by atoms with E-state index in [-0.39, 0.29) is 17.9 Å². The molecule has 0 saturated heterocycles. The first-order valence-corrected chi connectivity index (χ1v) is 14.5. The van der Waals surface area contributed by atoms with Crippen LogP contribution in [-0.2, 0) is 20.9 Å². The topological polar surface area (TPSA) is 78.6 Å². The fourth-order valence-corrected chi connectivity index (χ4v) is 4.79. The van der Waals surface area contributed by atoms with E-state index in [1.807, 2.05) is 54.6 Å². The summed E-state index contributed by atoms with van der Waals surface area (Å²) >= 11 is 1.63. The molecular formula is C33H43NO4S. The molecule has 0 fully saturated rings. The minimum atomic E-state index is -0.580. The zero-order valence-corrected chi connectivity index (χ0v) is 24.8. The molecule has 2 atom stereocenters. The zero-order valence-electron chi connectivity index (χ0n) is 23.9. The Morgan fingerprint density at radius 2 is 1.67 bits per heavy atom. The highest BCUT2D eigenvalue weighted by Crippen LogP contribution is 2.19. The molecule has 0 saturated carbocycles. The Kier molecular flexibility index (Phi) is 14.6. The maximum atomic E-state index is 12.9. The lowest BCUT2D eigenvalue weighted by Crippen LogP contribution is -2.33. The standard InChI is InChI=1S/C33H43NO4S/c1-24(2)17-18-31(26(4)12-9-11-25(3)19-20-39-23-30(34)33(36)37-5)38-22-27-13-10-16-29(21-27)32(35)28-14-7-6-8-15-28/h6-8,10,12-17,19,21,30-31H,9,11,18,20,22-23,34H2,1-5H3/b25-19+,26-12+/t30-,31?/m0/s1. The quantitative estimate of drug-likeness (QED) is 0.104. The SMILES string of the molecule is COC(=O)[C@@H](N)CSC/C=C(\C)CC/C=C(\C)C(CC=C(C)C)OCc1cccc(C(=O)c2ccccc2)c1. The third-order valence-electron chi connectivity index (χ3n) is 6.28. The predicted molar refractivity (Wildman–Crippen MR) is 163 cm³/mol. The summed E-state index contributed by atoms with van der Waals surface area (Å²) in [6.45, 7) is 8.89. The van der Waals surface area contributed by atoms with Gasteiger partial charge in [0, 0.05) is 22.6 Å². The van der Waals surface area contributed by atoms with Gasteiger partial charge >= 0.3 is 5.97 Å². The second-order valence-electron chi connectivity index (χ2n) is 9.92. The molecule has 0 heterocycles. The molecule has 2 aromatic rings. The second kappa shape index (κ2) is 17.6. The Balaban J connectivity index is 1.94. The zero-order chi connectivity index (χ0) is 28.6. The van der Waals surface area contributed by atoms with Crippen molar-refractivity contribution in [3.8, 4) is 0 Å². The van der Waals surface area contributed by atoms with Crippen LogP contribution in [0, 0.1) is 0 Å². The number of ketones is 1. The van der Waals surface area contributed by atoms with E-state index in [4.69, 9.17) is 10.5 Å². The van der Waals surface area contributed by atoms with Crippen molar-refractivity contribution in [2.75, 3.05) is 18.6 Å². The molecule has 6 heteroatoms. The van der Waals surface area contributed by atoms with Gasteiger partial charge in [0.05, 0.1) is 19.8 Å². The van der Waals surface area contributed by atoms with E-state index in [0.29, 0.717) is 23.5 Å². The monoisotopic (exact) mass is 549 g/mol.